The molecule has 3 aliphatic heterocycles. The Hall–Kier alpha value is -2.82. The summed E-state index contributed by atoms with van der Waals surface area (Å²) in [5, 5.41) is 10.2. The van der Waals surface area contributed by atoms with E-state index in [2.05, 4.69) is 15.9 Å². The number of halogens is 1. The Morgan fingerprint density at radius 2 is 1.76 bits per heavy atom. The van der Waals surface area contributed by atoms with Crippen LogP contribution in [0.3, 0.4) is 0 Å². The van der Waals surface area contributed by atoms with Crippen molar-refractivity contribution < 1.29 is 24.2 Å². The number of carbonyl (C=O) groups excluding carboxylic acids is 2. The second kappa shape index (κ2) is 11.0. The van der Waals surface area contributed by atoms with Gasteiger partial charge in [-0.1, -0.05) is 77.5 Å². The first-order chi connectivity index (χ1) is 20.0. The molecule has 42 heavy (non-hydrogen) atoms. The third kappa shape index (κ3) is 4.85. The second-order valence-corrected chi connectivity index (χ2v) is 17.3. The first-order valence-electron chi connectivity index (χ1n) is 14.6. The zero-order valence-electron chi connectivity index (χ0n) is 24.2. The van der Waals surface area contributed by atoms with Crippen molar-refractivity contribution in [2.24, 2.45) is 5.92 Å². The average Bonchev–Trinajstić information content (AvgIpc) is 3.39. The van der Waals surface area contributed by atoms with Crippen molar-refractivity contribution in [3.63, 3.8) is 0 Å². The van der Waals surface area contributed by atoms with Gasteiger partial charge in [-0.05, 0) is 54.4 Å². The van der Waals surface area contributed by atoms with Crippen LogP contribution in [0, 0.1) is 5.92 Å². The van der Waals surface area contributed by atoms with E-state index >= 15 is 0 Å². The quantitative estimate of drug-likeness (QED) is 0.362. The number of hydrogen-bond acceptors (Lipinski definition) is 5. The Balaban J connectivity index is 1.36. The Labute approximate surface area is 256 Å². The topological polar surface area (TPSA) is 90.3 Å². The number of hydrogen-bond donors (Lipinski definition) is 2. The van der Waals surface area contributed by atoms with E-state index in [1.807, 2.05) is 92.8 Å². The van der Waals surface area contributed by atoms with Crippen LogP contribution in [0.4, 0.5) is 5.69 Å². The zero-order valence-corrected chi connectivity index (χ0v) is 26.8. The molecule has 5 atom stereocenters. The highest BCUT2D eigenvalue weighted by Gasteiger charge is 2.66. The maximum atomic E-state index is 14.5. The minimum absolute atomic E-state index is 0.0295. The fourth-order valence-electron chi connectivity index (χ4n) is 7.50. The van der Waals surface area contributed by atoms with Crippen LogP contribution in [0.1, 0.15) is 35.6 Å². The van der Waals surface area contributed by atoms with E-state index in [9.17, 15) is 19.5 Å². The lowest BCUT2D eigenvalue weighted by atomic mass is 9.82. The van der Waals surface area contributed by atoms with Gasteiger partial charge in [0.25, 0.3) is 5.91 Å². The van der Waals surface area contributed by atoms with E-state index in [-0.39, 0.29) is 42.3 Å². The Morgan fingerprint density at radius 1 is 1.07 bits per heavy atom. The van der Waals surface area contributed by atoms with Crippen LogP contribution in [0.5, 0.6) is 0 Å². The summed E-state index contributed by atoms with van der Waals surface area (Å²) >= 11 is 3.60. The van der Waals surface area contributed by atoms with E-state index in [1.54, 1.807) is 9.80 Å². The molecule has 220 valence electrons. The second-order valence-electron chi connectivity index (χ2n) is 12.4. The van der Waals surface area contributed by atoms with Gasteiger partial charge in [0.1, 0.15) is 0 Å². The molecule has 0 saturated carbocycles. The molecular formula is C33H37BrN2O5Si. The number of rotatable bonds is 6. The van der Waals surface area contributed by atoms with Gasteiger partial charge in [-0.25, -0.2) is 0 Å². The molecule has 6 rings (SSSR count). The lowest BCUT2D eigenvalue weighted by Crippen LogP contribution is -2.48. The van der Waals surface area contributed by atoms with Gasteiger partial charge in [0.05, 0.1) is 37.4 Å². The van der Waals surface area contributed by atoms with Gasteiger partial charge in [0.15, 0.2) is 13.9 Å². The van der Waals surface area contributed by atoms with Crippen molar-refractivity contribution >= 4 is 41.7 Å². The lowest BCUT2D eigenvalue weighted by molar-refractivity contribution is -0.151. The third-order valence-corrected chi connectivity index (χ3v) is 12.4. The van der Waals surface area contributed by atoms with E-state index in [4.69, 9.17) is 4.74 Å². The van der Waals surface area contributed by atoms with Gasteiger partial charge < -0.3 is 24.4 Å². The summed E-state index contributed by atoms with van der Waals surface area (Å²) < 4.78 is 7.71. The number of benzene rings is 3. The first kappa shape index (κ1) is 29.3. The predicted octanol–water partition coefficient (Wildman–Crippen LogP) is 5.13. The molecule has 1 saturated heterocycles. The normalized spacial score (nSPS) is 27.0. The van der Waals surface area contributed by atoms with Gasteiger partial charge in [-0.15, -0.1) is 0 Å². The van der Waals surface area contributed by atoms with Gasteiger partial charge in [-0.2, -0.15) is 0 Å². The Bertz CT molecular complexity index is 1510. The van der Waals surface area contributed by atoms with Gasteiger partial charge in [-0.3, -0.25) is 9.59 Å². The van der Waals surface area contributed by atoms with Crippen molar-refractivity contribution in [1.29, 1.82) is 0 Å². The molecule has 3 aliphatic rings. The molecule has 0 radical (unpaired) electrons. The van der Waals surface area contributed by atoms with Crippen molar-refractivity contribution in [3.8, 4) is 0 Å². The highest BCUT2D eigenvalue weighted by Crippen LogP contribution is 2.60. The van der Waals surface area contributed by atoms with E-state index in [0.717, 1.165) is 32.4 Å². The summed E-state index contributed by atoms with van der Waals surface area (Å²) in [5.74, 6) is -0.661. The van der Waals surface area contributed by atoms with Crippen LogP contribution < -0.4 is 4.90 Å². The average molecular weight is 650 g/mol. The largest absolute Gasteiger partial charge is 0.432 e. The standard InChI is InChI=1S/C33H37BrN2O5Si/c1-21-31(42(2,3)40)29(17-30(38)35-19-24-12-8-7-11-23(24)15-26(35)20-37)41-33(21)27-16-25(34)13-14-28(27)36(32(33)39)18-22-9-5-4-6-10-22/h4-14,16,21,26,29,31,37,40H,15,17-20H2,1-3H3/t21-,26+,29+,31-,33+/m1/s1. The van der Waals surface area contributed by atoms with E-state index in [1.165, 1.54) is 0 Å². The lowest BCUT2D eigenvalue weighted by Gasteiger charge is -2.37. The number of nitrogens with zero attached hydrogens (tertiary/aromatic N) is 2. The molecule has 0 aliphatic carbocycles. The summed E-state index contributed by atoms with van der Waals surface area (Å²) in [6.45, 7) is 6.39. The first-order valence-corrected chi connectivity index (χ1v) is 18.4. The molecule has 3 aromatic carbocycles. The maximum Gasteiger partial charge on any atom is 0.264 e. The van der Waals surface area contributed by atoms with Crippen molar-refractivity contribution in [2.45, 2.75) is 69.2 Å². The van der Waals surface area contributed by atoms with Crippen molar-refractivity contribution in [3.05, 3.63) is 99.5 Å². The van der Waals surface area contributed by atoms with Crippen LogP contribution >= 0.6 is 15.9 Å². The molecular weight excluding hydrogens is 612 g/mol. The number of aliphatic hydroxyl groups is 1. The van der Waals surface area contributed by atoms with Crippen molar-refractivity contribution in [1.82, 2.24) is 4.90 Å². The Morgan fingerprint density at radius 3 is 2.45 bits per heavy atom. The van der Waals surface area contributed by atoms with E-state index in [0.29, 0.717) is 19.5 Å². The fourth-order valence-corrected chi connectivity index (χ4v) is 10.4. The summed E-state index contributed by atoms with van der Waals surface area (Å²) in [7, 11) is -2.93. The number of aliphatic hydroxyl groups excluding tert-OH is 1. The summed E-state index contributed by atoms with van der Waals surface area (Å²) in [6, 6.07) is 23.4. The van der Waals surface area contributed by atoms with E-state index < -0.39 is 20.0 Å². The highest BCUT2D eigenvalue weighted by atomic mass is 79.9. The van der Waals surface area contributed by atoms with Gasteiger partial charge >= 0.3 is 0 Å². The molecule has 7 nitrogen and oxygen atoms in total. The van der Waals surface area contributed by atoms with Crippen LogP contribution in [0.15, 0.2) is 77.3 Å². The Kier molecular flexibility index (Phi) is 7.68. The van der Waals surface area contributed by atoms with Crippen LogP contribution in [0.25, 0.3) is 0 Å². The fraction of sp³-hybridized carbons (Fsp3) is 0.394. The summed E-state index contributed by atoms with van der Waals surface area (Å²) in [5.41, 5.74) is 3.09. The molecule has 1 fully saturated rings. The maximum absolute atomic E-state index is 14.5. The molecule has 1 spiro atoms. The SMILES string of the molecule is C[C@@H]1[C@@H]([Si](C)(C)O)[C@H](CC(=O)N2Cc3ccccc3C[C@H]2CO)O[C@@]12C(=O)N(Cc1ccccc1)c1ccc(Br)cc12. The minimum atomic E-state index is -2.93. The highest BCUT2D eigenvalue weighted by molar-refractivity contribution is 9.10. The number of amides is 2. The molecule has 0 aromatic heterocycles. The molecule has 3 heterocycles. The summed E-state index contributed by atoms with van der Waals surface area (Å²) in [4.78, 5) is 43.6. The minimum Gasteiger partial charge on any atom is -0.432 e. The molecule has 0 bridgehead atoms. The molecule has 9 heteroatoms. The van der Waals surface area contributed by atoms with Crippen LogP contribution in [0.2, 0.25) is 18.6 Å². The molecule has 0 unspecified atom stereocenters. The smallest absolute Gasteiger partial charge is 0.264 e. The number of anilines is 1. The number of fused-ring (bicyclic) bond motifs is 3. The van der Waals surface area contributed by atoms with Gasteiger partial charge in [0.2, 0.25) is 5.91 Å². The predicted molar refractivity (Wildman–Crippen MR) is 167 cm³/mol. The molecule has 2 amide bonds. The number of carbonyl (C=O) groups is 2. The van der Waals surface area contributed by atoms with Gasteiger partial charge in [0, 0.05) is 28.0 Å². The molecule has 2 N–H and O–H groups in total. The zero-order chi connectivity index (χ0) is 29.8. The number of ether oxygens (including phenoxy) is 1. The van der Waals surface area contributed by atoms with Crippen LogP contribution in [-0.4, -0.2) is 53.7 Å². The van der Waals surface area contributed by atoms with Crippen LogP contribution in [-0.2, 0) is 39.4 Å². The monoisotopic (exact) mass is 648 g/mol. The molecule has 3 aromatic rings. The summed E-state index contributed by atoms with van der Waals surface area (Å²) in [6.07, 6.45) is -0.0348. The van der Waals surface area contributed by atoms with Crippen molar-refractivity contribution in [2.75, 3.05) is 11.5 Å². The third-order valence-electron chi connectivity index (χ3n) is 9.39.